The molecule has 0 aliphatic carbocycles. The lowest BCUT2D eigenvalue weighted by Crippen LogP contribution is -2.33. The van der Waals surface area contributed by atoms with Gasteiger partial charge in [0.1, 0.15) is 0 Å². The van der Waals surface area contributed by atoms with Gasteiger partial charge in [0.05, 0.1) is 17.0 Å². The van der Waals surface area contributed by atoms with Gasteiger partial charge in [-0.05, 0) is 48.9 Å². The summed E-state index contributed by atoms with van der Waals surface area (Å²) < 4.78 is 64.6. The van der Waals surface area contributed by atoms with Crippen molar-refractivity contribution < 1.29 is 26.4 Å². The van der Waals surface area contributed by atoms with Crippen molar-refractivity contribution in [3.63, 3.8) is 0 Å². The van der Waals surface area contributed by atoms with Crippen LogP contribution in [0.25, 0.3) is 0 Å². The van der Waals surface area contributed by atoms with E-state index in [9.17, 15) is 26.4 Å². The summed E-state index contributed by atoms with van der Waals surface area (Å²) >= 11 is 0. The molecule has 28 heavy (non-hydrogen) atoms. The summed E-state index contributed by atoms with van der Waals surface area (Å²) in [5.74, 6) is -0.642. The first-order valence-corrected chi connectivity index (χ1v) is 9.63. The van der Waals surface area contributed by atoms with Crippen LogP contribution in [0.4, 0.5) is 24.5 Å². The average Bonchev–Trinajstić information content (AvgIpc) is 2.61. The first kappa shape index (κ1) is 21.7. The van der Waals surface area contributed by atoms with Gasteiger partial charge in [-0.2, -0.15) is 13.2 Å². The van der Waals surface area contributed by atoms with Crippen LogP contribution in [-0.4, -0.2) is 35.0 Å². The second kappa shape index (κ2) is 8.19. The van der Waals surface area contributed by atoms with E-state index in [4.69, 9.17) is 0 Å². The number of halogens is 3. The fraction of sp³-hybridized carbons (Fsp3) is 0.278. The number of sulfonamides is 1. The Labute approximate surface area is 161 Å². The molecule has 0 saturated heterocycles. The highest BCUT2D eigenvalue weighted by Gasteiger charge is 2.31. The minimum atomic E-state index is -4.67. The van der Waals surface area contributed by atoms with Crippen molar-refractivity contribution in [3.05, 3.63) is 53.6 Å². The first-order chi connectivity index (χ1) is 12.9. The number of alkyl halides is 3. The first-order valence-electron chi connectivity index (χ1n) is 8.15. The molecule has 2 N–H and O–H groups in total. The molecule has 0 unspecified atom stereocenters. The van der Waals surface area contributed by atoms with Crippen LogP contribution in [0.3, 0.4) is 0 Å². The zero-order valence-corrected chi connectivity index (χ0v) is 16.3. The number of carbonyl (C=O) groups excluding carboxylic acids is 1. The largest absolute Gasteiger partial charge is 0.416 e. The monoisotopic (exact) mass is 415 g/mol. The lowest BCUT2D eigenvalue weighted by Gasteiger charge is -2.15. The van der Waals surface area contributed by atoms with E-state index < -0.39 is 39.1 Å². The van der Waals surface area contributed by atoms with Crippen molar-refractivity contribution in [1.29, 1.82) is 0 Å². The molecule has 10 heteroatoms. The van der Waals surface area contributed by atoms with Crippen LogP contribution in [0.2, 0.25) is 0 Å². The highest BCUT2D eigenvalue weighted by molar-refractivity contribution is 7.89. The second-order valence-corrected chi connectivity index (χ2v) is 8.06. The van der Waals surface area contributed by atoms with Crippen molar-refractivity contribution in [3.8, 4) is 0 Å². The third-order valence-corrected chi connectivity index (χ3v) is 5.29. The summed E-state index contributed by atoms with van der Waals surface area (Å²) in [6.07, 6.45) is -4.67. The van der Waals surface area contributed by atoms with Crippen LogP contribution in [0, 0.1) is 6.92 Å². The lowest BCUT2D eigenvalue weighted by molar-refractivity contribution is -0.137. The number of aryl methyl sites for hydroxylation is 1. The number of benzene rings is 2. The van der Waals surface area contributed by atoms with E-state index in [1.54, 1.807) is 19.1 Å². The van der Waals surface area contributed by atoms with Gasteiger partial charge in [-0.1, -0.05) is 6.07 Å². The highest BCUT2D eigenvalue weighted by atomic mass is 32.2. The number of hydrogen-bond donors (Lipinski definition) is 2. The van der Waals surface area contributed by atoms with E-state index >= 15 is 0 Å². The van der Waals surface area contributed by atoms with Crippen LogP contribution in [0.15, 0.2) is 47.4 Å². The minimum absolute atomic E-state index is 0.508. The fourth-order valence-electron chi connectivity index (χ4n) is 2.34. The molecule has 1 amide bonds. The van der Waals surface area contributed by atoms with Gasteiger partial charge in [0, 0.05) is 25.5 Å². The Morgan fingerprint density at radius 2 is 1.79 bits per heavy atom. The molecule has 0 fully saturated rings. The van der Waals surface area contributed by atoms with Crippen molar-refractivity contribution in [1.82, 2.24) is 4.72 Å². The van der Waals surface area contributed by atoms with Gasteiger partial charge in [-0.15, -0.1) is 0 Å². The van der Waals surface area contributed by atoms with Crippen LogP contribution >= 0.6 is 0 Å². The zero-order chi connectivity index (χ0) is 21.1. The van der Waals surface area contributed by atoms with E-state index in [1.165, 1.54) is 0 Å². The summed E-state index contributed by atoms with van der Waals surface area (Å²) in [6, 6.07) is 8.63. The number of hydrogen-bond acceptors (Lipinski definition) is 4. The highest BCUT2D eigenvalue weighted by Crippen LogP contribution is 2.30. The van der Waals surface area contributed by atoms with Crippen molar-refractivity contribution in [2.45, 2.75) is 18.0 Å². The molecule has 0 saturated carbocycles. The topological polar surface area (TPSA) is 78.5 Å². The molecule has 0 bridgehead atoms. The maximum Gasteiger partial charge on any atom is 0.416 e. The van der Waals surface area contributed by atoms with E-state index in [0.29, 0.717) is 11.8 Å². The van der Waals surface area contributed by atoms with E-state index in [-0.39, 0.29) is 0 Å². The summed E-state index contributed by atoms with van der Waals surface area (Å²) in [7, 11) is -0.535. The predicted octanol–water partition coefficient (Wildman–Crippen LogP) is 3.00. The molecule has 0 aromatic heterocycles. The molecule has 6 nitrogen and oxygen atoms in total. The normalized spacial score (nSPS) is 11.9. The number of anilines is 2. The zero-order valence-electron chi connectivity index (χ0n) is 15.5. The minimum Gasteiger partial charge on any atom is -0.378 e. The quantitative estimate of drug-likeness (QED) is 0.760. The molecule has 0 aliphatic heterocycles. The van der Waals surface area contributed by atoms with Gasteiger partial charge in [-0.3, -0.25) is 4.79 Å². The Hall–Kier alpha value is -2.59. The van der Waals surface area contributed by atoms with Gasteiger partial charge in [0.2, 0.25) is 15.9 Å². The molecule has 0 aliphatic rings. The predicted molar refractivity (Wildman–Crippen MR) is 101 cm³/mol. The van der Waals surface area contributed by atoms with E-state index in [1.807, 2.05) is 29.8 Å². The van der Waals surface area contributed by atoms with Gasteiger partial charge < -0.3 is 10.2 Å². The molecule has 0 heterocycles. The number of rotatable bonds is 6. The Bertz CT molecular complexity index is 974. The molecule has 152 valence electrons. The van der Waals surface area contributed by atoms with Crippen molar-refractivity contribution in [2.24, 2.45) is 0 Å². The van der Waals surface area contributed by atoms with Gasteiger partial charge in [0.15, 0.2) is 0 Å². The number of carbonyl (C=O) groups is 1. The molecule has 0 atom stereocenters. The van der Waals surface area contributed by atoms with Crippen molar-refractivity contribution >= 4 is 27.3 Å². The Morgan fingerprint density at radius 3 is 2.36 bits per heavy atom. The lowest BCUT2D eigenvalue weighted by atomic mass is 10.1. The third-order valence-electron chi connectivity index (χ3n) is 3.89. The summed E-state index contributed by atoms with van der Waals surface area (Å²) in [5.41, 5.74) is 1.13. The van der Waals surface area contributed by atoms with Crippen LogP contribution < -0.4 is 14.9 Å². The van der Waals surface area contributed by atoms with Crippen molar-refractivity contribution in [2.75, 3.05) is 30.9 Å². The SMILES string of the molecule is Cc1cc(N(C)C)ccc1NC(=O)CNS(=O)(=O)c1cccc(C(F)(F)F)c1. The summed E-state index contributed by atoms with van der Waals surface area (Å²) in [4.78, 5) is 13.4. The van der Waals surface area contributed by atoms with Crippen LogP contribution in [-0.2, 0) is 21.0 Å². The molecule has 2 aromatic carbocycles. The van der Waals surface area contributed by atoms with E-state index in [0.717, 1.165) is 29.4 Å². The van der Waals surface area contributed by atoms with E-state index in [2.05, 4.69) is 5.32 Å². The molecular formula is C18H20F3N3O3S. The average molecular weight is 415 g/mol. The fourth-order valence-corrected chi connectivity index (χ4v) is 3.37. The molecule has 0 radical (unpaired) electrons. The Kier molecular flexibility index (Phi) is 6.35. The Morgan fingerprint density at radius 1 is 1.11 bits per heavy atom. The molecule has 2 rings (SSSR count). The smallest absolute Gasteiger partial charge is 0.378 e. The molecule has 2 aromatic rings. The number of nitrogens with one attached hydrogen (secondary N) is 2. The maximum absolute atomic E-state index is 12.7. The molecular weight excluding hydrogens is 395 g/mol. The van der Waals surface area contributed by atoms with Gasteiger partial charge in [0.25, 0.3) is 0 Å². The second-order valence-electron chi connectivity index (χ2n) is 6.29. The number of amides is 1. The summed E-state index contributed by atoms with van der Waals surface area (Å²) in [6.45, 7) is 1.17. The van der Waals surface area contributed by atoms with Crippen LogP contribution in [0.1, 0.15) is 11.1 Å². The van der Waals surface area contributed by atoms with Gasteiger partial charge >= 0.3 is 6.18 Å². The third kappa shape index (κ3) is 5.46. The molecule has 0 spiro atoms. The van der Waals surface area contributed by atoms with Gasteiger partial charge in [-0.25, -0.2) is 13.1 Å². The maximum atomic E-state index is 12.7. The standard InChI is InChI=1S/C18H20F3N3O3S/c1-12-9-14(24(2)3)7-8-16(12)23-17(25)11-22-28(26,27)15-6-4-5-13(10-15)18(19,20)21/h4-10,22H,11H2,1-3H3,(H,23,25). The summed E-state index contributed by atoms with van der Waals surface area (Å²) in [5, 5.41) is 2.57. The van der Waals surface area contributed by atoms with Crippen LogP contribution in [0.5, 0.6) is 0 Å². The Balaban J connectivity index is 2.06. The number of nitrogens with zero attached hydrogens (tertiary/aromatic N) is 1.